The summed E-state index contributed by atoms with van der Waals surface area (Å²) in [4.78, 5) is 0. The van der Waals surface area contributed by atoms with Crippen molar-refractivity contribution in [2.75, 3.05) is 0 Å². The fourth-order valence-electron chi connectivity index (χ4n) is 3.52. The van der Waals surface area contributed by atoms with Gasteiger partial charge in [0.1, 0.15) is 16.4 Å². The van der Waals surface area contributed by atoms with E-state index < -0.39 is 27.7 Å². The first-order valence-corrected chi connectivity index (χ1v) is 11.9. The Bertz CT molecular complexity index is 1050. The third-order valence-electron chi connectivity index (χ3n) is 5.31. The maximum atomic E-state index is 14.6. The van der Waals surface area contributed by atoms with E-state index in [4.69, 9.17) is 0 Å². The van der Waals surface area contributed by atoms with Crippen molar-refractivity contribution in [3.63, 3.8) is 0 Å². The quantitative estimate of drug-likeness (QED) is 0.422. The summed E-state index contributed by atoms with van der Waals surface area (Å²) in [5.41, 5.74) is 2.47. The molecule has 0 aliphatic rings. The van der Waals surface area contributed by atoms with Crippen LogP contribution in [0.3, 0.4) is 0 Å². The molecule has 1 aromatic heterocycles. The van der Waals surface area contributed by atoms with Gasteiger partial charge in [0.05, 0.1) is 6.04 Å². The Morgan fingerprint density at radius 1 is 0.969 bits per heavy atom. The van der Waals surface area contributed by atoms with Crippen molar-refractivity contribution >= 4 is 11.4 Å². The van der Waals surface area contributed by atoms with E-state index in [0.717, 1.165) is 23.4 Å². The molecule has 172 valence electrons. The van der Waals surface area contributed by atoms with Crippen LogP contribution in [0.5, 0.6) is 0 Å². The minimum absolute atomic E-state index is 0.211. The van der Waals surface area contributed by atoms with Gasteiger partial charge in [-0.25, -0.2) is 8.78 Å². The second-order valence-corrected chi connectivity index (χ2v) is 12.2. The van der Waals surface area contributed by atoms with E-state index >= 15 is 0 Å². The van der Waals surface area contributed by atoms with E-state index in [1.807, 2.05) is 67.9 Å². The topological polar surface area (TPSA) is 40.0 Å². The molecule has 3 aromatic rings. The Morgan fingerprint density at radius 2 is 1.62 bits per heavy atom. The van der Waals surface area contributed by atoms with Crippen molar-refractivity contribution in [1.82, 2.24) is 9.29 Å². The van der Waals surface area contributed by atoms with Gasteiger partial charge in [-0.2, -0.15) is 0 Å². The number of hydrogen-bond donors (Lipinski definition) is 1. The molecule has 0 amide bonds. The zero-order chi connectivity index (χ0) is 23.7. The summed E-state index contributed by atoms with van der Waals surface area (Å²) in [5, 5.41) is 0. The number of nitrogens with one attached hydrogen (secondary N) is 1. The van der Waals surface area contributed by atoms with Crippen LogP contribution >= 0.6 is 0 Å². The van der Waals surface area contributed by atoms with E-state index in [1.54, 1.807) is 0 Å². The van der Waals surface area contributed by atoms with E-state index in [2.05, 4.69) is 25.5 Å². The molecule has 0 aliphatic carbocycles. The molecule has 0 bridgehead atoms. The van der Waals surface area contributed by atoms with Crippen LogP contribution in [0, 0.1) is 17.0 Å². The fraction of sp³-hybridized carbons (Fsp3) is 0.385. The highest BCUT2D eigenvalue weighted by atomic mass is 32.2. The zero-order valence-corrected chi connectivity index (χ0v) is 20.4. The summed E-state index contributed by atoms with van der Waals surface area (Å²) < 4.78 is 46.4. The van der Waals surface area contributed by atoms with Gasteiger partial charge in [0, 0.05) is 40.9 Å². The van der Waals surface area contributed by atoms with Gasteiger partial charge in [-0.1, -0.05) is 51.1 Å². The van der Waals surface area contributed by atoms with Crippen LogP contribution in [0.2, 0.25) is 0 Å². The Hall–Kier alpha value is -2.15. The van der Waals surface area contributed by atoms with Gasteiger partial charge in [0.15, 0.2) is 0 Å². The molecule has 1 unspecified atom stereocenters. The highest BCUT2D eigenvalue weighted by Gasteiger charge is 2.37. The molecule has 0 saturated carbocycles. The molecule has 6 heteroatoms. The van der Waals surface area contributed by atoms with Crippen LogP contribution in [-0.2, 0) is 17.9 Å². The van der Waals surface area contributed by atoms with Crippen molar-refractivity contribution in [1.29, 1.82) is 0 Å². The minimum Gasteiger partial charge on any atom is -0.598 e. The van der Waals surface area contributed by atoms with Gasteiger partial charge < -0.3 is 9.12 Å². The highest BCUT2D eigenvalue weighted by Crippen LogP contribution is 2.38. The average Bonchev–Trinajstić information content (AvgIpc) is 3.09. The molecule has 3 rings (SSSR count). The van der Waals surface area contributed by atoms with E-state index in [0.29, 0.717) is 12.1 Å². The van der Waals surface area contributed by atoms with Crippen LogP contribution in [0.4, 0.5) is 8.78 Å². The van der Waals surface area contributed by atoms with Gasteiger partial charge in [-0.05, 0) is 56.0 Å². The summed E-state index contributed by atoms with van der Waals surface area (Å²) in [6, 6.07) is 15.0. The normalized spacial score (nSPS) is 14.4. The molecular weight excluding hydrogens is 426 g/mol. The Labute approximate surface area is 193 Å². The lowest BCUT2D eigenvalue weighted by Crippen LogP contribution is -2.45. The number of hydrogen-bond acceptors (Lipinski definition) is 2. The van der Waals surface area contributed by atoms with Crippen LogP contribution in [-0.4, -0.2) is 13.9 Å². The fourth-order valence-corrected chi connectivity index (χ4v) is 4.56. The van der Waals surface area contributed by atoms with Crippen LogP contribution in [0.1, 0.15) is 58.8 Å². The molecule has 1 N–H and O–H groups in total. The predicted octanol–water partition coefficient (Wildman–Crippen LogP) is 6.62. The third-order valence-corrected chi connectivity index (χ3v) is 6.87. The average molecular weight is 459 g/mol. The van der Waals surface area contributed by atoms with Crippen molar-refractivity contribution in [3.05, 3.63) is 83.7 Å². The number of nitrogens with zero attached hydrogens (tertiary/aromatic N) is 1. The number of aromatic nitrogens is 1. The van der Waals surface area contributed by atoms with Crippen LogP contribution in [0.25, 0.3) is 11.1 Å². The first-order valence-electron chi connectivity index (χ1n) is 10.7. The summed E-state index contributed by atoms with van der Waals surface area (Å²) in [5.74, 6) is -0.966. The van der Waals surface area contributed by atoms with Crippen LogP contribution in [0.15, 0.2) is 60.8 Å². The number of benzene rings is 2. The van der Waals surface area contributed by atoms with Crippen molar-refractivity contribution < 1.29 is 13.3 Å². The van der Waals surface area contributed by atoms with E-state index in [9.17, 15) is 13.3 Å². The summed E-state index contributed by atoms with van der Waals surface area (Å²) in [6.45, 7) is 12.6. The van der Waals surface area contributed by atoms with Crippen molar-refractivity contribution in [2.24, 2.45) is 5.41 Å². The van der Waals surface area contributed by atoms with Crippen LogP contribution < -0.4 is 4.72 Å². The largest absolute Gasteiger partial charge is 0.598 e. The molecular formula is C26H32F2N2OS. The number of rotatable bonds is 6. The smallest absolute Gasteiger partial charge is 0.136 e. The van der Waals surface area contributed by atoms with Gasteiger partial charge >= 0.3 is 0 Å². The third kappa shape index (κ3) is 5.80. The van der Waals surface area contributed by atoms with E-state index in [1.165, 1.54) is 6.07 Å². The van der Waals surface area contributed by atoms with Gasteiger partial charge in [0.25, 0.3) is 0 Å². The first kappa shape index (κ1) is 24.5. The molecule has 2 atom stereocenters. The molecule has 32 heavy (non-hydrogen) atoms. The lowest BCUT2D eigenvalue weighted by atomic mass is 9.85. The standard InChI is InChI=1S/C26H32F2N2OS/c1-25(2,3)24(29-32(31)26(4,5)6)23-14-19(21-15-20(27)12-13-22(21)28)17-30(23)16-18-10-8-7-9-11-18/h7-15,17,24,29H,16H2,1-6H3/t24-,32?/m0/s1. The van der Waals surface area contributed by atoms with E-state index in [-0.39, 0.29) is 17.0 Å². The maximum absolute atomic E-state index is 14.6. The molecule has 0 aliphatic heterocycles. The Kier molecular flexibility index (Phi) is 7.18. The summed E-state index contributed by atoms with van der Waals surface area (Å²) in [7, 11) is 0. The van der Waals surface area contributed by atoms with Crippen molar-refractivity contribution in [2.45, 2.75) is 58.9 Å². The predicted molar refractivity (Wildman–Crippen MR) is 129 cm³/mol. The molecule has 2 aromatic carbocycles. The summed E-state index contributed by atoms with van der Waals surface area (Å²) >= 11 is -1.31. The monoisotopic (exact) mass is 458 g/mol. The molecule has 1 heterocycles. The lowest BCUT2D eigenvalue weighted by Gasteiger charge is -2.35. The first-order chi connectivity index (χ1) is 14.9. The van der Waals surface area contributed by atoms with Gasteiger partial charge in [-0.15, -0.1) is 4.72 Å². The van der Waals surface area contributed by atoms with Gasteiger partial charge in [-0.3, -0.25) is 0 Å². The number of halogens is 2. The highest BCUT2D eigenvalue weighted by molar-refractivity contribution is 7.90. The maximum Gasteiger partial charge on any atom is 0.136 e. The van der Waals surface area contributed by atoms with Crippen molar-refractivity contribution in [3.8, 4) is 11.1 Å². The molecule has 0 radical (unpaired) electrons. The molecule has 0 saturated heterocycles. The molecule has 0 spiro atoms. The molecule has 3 nitrogen and oxygen atoms in total. The van der Waals surface area contributed by atoms with Gasteiger partial charge in [0.2, 0.25) is 0 Å². The zero-order valence-electron chi connectivity index (χ0n) is 19.6. The second-order valence-electron chi connectivity index (χ2n) is 10.2. The second kappa shape index (κ2) is 9.38. The summed E-state index contributed by atoms with van der Waals surface area (Å²) in [6.07, 6.45) is 1.85. The lowest BCUT2D eigenvalue weighted by molar-refractivity contribution is 0.291. The molecule has 0 fully saturated rings. The SMILES string of the molecule is CC(C)(C)[C@@H](N[S+]([O-])C(C)(C)C)c1cc(-c2cc(F)ccc2F)cn1Cc1ccccc1. The minimum atomic E-state index is -1.31. The Morgan fingerprint density at radius 3 is 2.22 bits per heavy atom. The Balaban J connectivity index is 2.13.